The van der Waals surface area contributed by atoms with Crippen LogP contribution in [-0.4, -0.2) is 0 Å². The summed E-state index contributed by atoms with van der Waals surface area (Å²) in [7, 11) is 0. The fourth-order valence-electron chi connectivity index (χ4n) is 2.94. The Morgan fingerprint density at radius 1 is 0.950 bits per heavy atom. The van der Waals surface area contributed by atoms with Gasteiger partial charge in [-0.25, -0.2) is 0 Å². The van der Waals surface area contributed by atoms with E-state index in [1.165, 1.54) is 42.4 Å². The second kappa shape index (κ2) is 5.59. The number of nitrogens with two attached hydrogens (primary N) is 1. The first-order valence-electron chi connectivity index (χ1n) is 7.28. The van der Waals surface area contributed by atoms with Gasteiger partial charge < -0.3 is 5.73 Å². The Morgan fingerprint density at radius 3 is 2.35 bits per heavy atom. The van der Waals surface area contributed by atoms with Crippen molar-refractivity contribution in [2.24, 2.45) is 5.73 Å². The largest absolute Gasteiger partial charge is 0.320 e. The van der Waals surface area contributed by atoms with E-state index in [-0.39, 0.29) is 6.04 Å². The summed E-state index contributed by atoms with van der Waals surface area (Å²) in [6.07, 6.45) is 5.00. The van der Waals surface area contributed by atoms with Crippen molar-refractivity contribution in [1.29, 1.82) is 0 Å². The van der Waals surface area contributed by atoms with E-state index >= 15 is 0 Å². The van der Waals surface area contributed by atoms with Crippen LogP contribution in [0.2, 0.25) is 5.02 Å². The Labute approximate surface area is 125 Å². The molecule has 0 fully saturated rings. The van der Waals surface area contributed by atoms with Crippen LogP contribution >= 0.6 is 11.6 Å². The quantitative estimate of drug-likeness (QED) is 0.859. The first kappa shape index (κ1) is 13.7. The van der Waals surface area contributed by atoms with Gasteiger partial charge >= 0.3 is 0 Å². The van der Waals surface area contributed by atoms with Gasteiger partial charge in [0.05, 0.1) is 6.04 Å². The van der Waals surface area contributed by atoms with Crippen LogP contribution in [0.3, 0.4) is 0 Å². The zero-order chi connectivity index (χ0) is 14.1. The summed E-state index contributed by atoms with van der Waals surface area (Å²) in [6.45, 7) is 2.01. The minimum absolute atomic E-state index is 0.0969. The lowest BCUT2D eigenvalue weighted by Gasteiger charge is -2.19. The van der Waals surface area contributed by atoms with Crippen LogP contribution in [0.25, 0.3) is 0 Å². The molecule has 20 heavy (non-hydrogen) atoms. The fraction of sp³-hybridized carbons (Fsp3) is 0.333. The predicted octanol–water partition coefficient (Wildman–Crippen LogP) is 4.58. The molecule has 2 aromatic rings. The number of rotatable bonds is 2. The number of hydrogen-bond acceptors (Lipinski definition) is 1. The van der Waals surface area contributed by atoms with Crippen molar-refractivity contribution in [3.8, 4) is 0 Å². The maximum absolute atomic E-state index is 6.41. The van der Waals surface area contributed by atoms with E-state index in [1.54, 1.807) is 0 Å². The molecule has 0 spiro atoms. The second-order valence-electron chi connectivity index (χ2n) is 5.72. The van der Waals surface area contributed by atoms with Crippen LogP contribution in [0, 0.1) is 6.92 Å². The average molecular weight is 286 g/mol. The summed E-state index contributed by atoms with van der Waals surface area (Å²) in [4.78, 5) is 0. The summed E-state index contributed by atoms with van der Waals surface area (Å²) in [5.74, 6) is 0. The van der Waals surface area contributed by atoms with E-state index in [4.69, 9.17) is 17.3 Å². The van der Waals surface area contributed by atoms with Crippen molar-refractivity contribution in [3.05, 3.63) is 69.2 Å². The fourth-order valence-corrected chi connectivity index (χ4v) is 3.13. The van der Waals surface area contributed by atoms with Crippen molar-refractivity contribution in [1.82, 2.24) is 0 Å². The van der Waals surface area contributed by atoms with Gasteiger partial charge in [0.25, 0.3) is 0 Å². The molecule has 0 heterocycles. The first-order valence-corrected chi connectivity index (χ1v) is 7.66. The van der Waals surface area contributed by atoms with Crippen LogP contribution < -0.4 is 5.73 Å². The Balaban J connectivity index is 1.93. The van der Waals surface area contributed by atoms with E-state index < -0.39 is 0 Å². The monoisotopic (exact) mass is 285 g/mol. The number of fused-ring (bicyclic) bond motifs is 1. The molecule has 0 saturated heterocycles. The Morgan fingerprint density at radius 2 is 1.60 bits per heavy atom. The van der Waals surface area contributed by atoms with Gasteiger partial charge in [-0.2, -0.15) is 0 Å². The van der Waals surface area contributed by atoms with Crippen molar-refractivity contribution in [2.45, 2.75) is 38.6 Å². The van der Waals surface area contributed by atoms with Crippen LogP contribution in [0.15, 0.2) is 36.4 Å². The Kier molecular flexibility index (Phi) is 3.82. The van der Waals surface area contributed by atoms with Crippen LogP contribution in [0.4, 0.5) is 0 Å². The minimum Gasteiger partial charge on any atom is -0.320 e. The van der Waals surface area contributed by atoms with Crippen LogP contribution in [0.5, 0.6) is 0 Å². The number of hydrogen-bond donors (Lipinski definition) is 1. The first-order chi connectivity index (χ1) is 9.65. The summed E-state index contributed by atoms with van der Waals surface area (Å²) in [6, 6.07) is 12.7. The Bertz CT molecular complexity index is 633. The maximum atomic E-state index is 6.41. The summed E-state index contributed by atoms with van der Waals surface area (Å²) in [5, 5.41) is 0.788. The second-order valence-corrected chi connectivity index (χ2v) is 6.13. The van der Waals surface area contributed by atoms with Crippen molar-refractivity contribution >= 4 is 11.6 Å². The normalized spacial score (nSPS) is 15.8. The van der Waals surface area contributed by atoms with Crippen molar-refractivity contribution in [3.63, 3.8) is 0 Å². The molecule has 2 N–H and O–H groups in total. The third-order valence-electron chi connectivity index (χ3n) is 4.29. The highest BCUT2D eigenvalue weighted by Crippen LogP contribution is 2.28. The molecule has 1 nitrogen and oxygen atoms in total. The number of benzene rings is 2. The molecule has 2 aromatic carbocycles. The molecule has 0 radical (unpaired) electrons. The molecule has 1 unspecified atom stereocenters. The minimum atomic E-state index is -0.0969. The van der Waals surface area contributed by atoms with Gasteiger partial charge in [0.1, 0.15) is 0 Å². The molecule has 0 amide bonds. The highest BCUT2D eigenvalue weighted by molar-refractivity contribution is 6.31. The lowest BCUT2D eigenvalue weighted by atomic mass is 9.88. The topological polar surface area (TPSA) is 26.0 Å². The smallest absolute Gasteiger partial charge is 0.0552 e. The third-order valence-corrected chi connectivity index (χ3v) is 4.69. The van der Waals surface area contributed by atoms with Gasteiger partial charge in [-0.1, -0.05) is 41.9 Å². The molecule has 0 bridgehead atoms. The van der Waals surface area contributed by atoms with Gasteiger partial charge in [-0.15, -0.1) is 0 Å². The zero-order valence-corrected chi connectivity index (χ0v) is 12.6. The molecular formula is C18H20ClN. The van der Waals surface area contributed by atoms with E-state index in [9.17, 15) is 0 Å². The molecule has 3 rings (SSSR count). The molecular weight excluding hydrogens is 266 g/mol. The summed E-state index contributed by atoms with van der Waals surface area (Å²) in [5.41, 5.74) is 12.7. The molecule has 1 aliphatic carbocycles. The molecule has 1 atom stereocenters. The number of aryl methyl sites for hydroxylation is 3. The lowest BCUT2D eigenvalue weighted by molar-refractivity contribution is 0.682. The maximum Gasteiger partial charge on any atom is 0.0552 e. The molecule has 104 valence electrons. The third kappa shape index (κ3) is 2.61. The lowest BCUT2D eigenvalue weighted by Crippen LogP contribution is -2.13. The van der Waals surface area contributed by atoms with Gasteiger partial charge in [0, 0.05) is 5.02 Å². The molecule has 0 aliphatic heterocycles. The van der Waals surface area contributed by atoms with Crippen LogP contribution in [-0.2, 0) is 12.8 Å². The van der Waals surface area contributed by atoms with E-state index in [1.807, 2.05) is 19.1 Å². The average Bonchev–Trinajstić information content (AvgIpc) is 2.49. The highest BCUT2D eigenvalue weighted by Gasteiger charge is 2.14. The number of halogens is 1. The summed E-state index contributed by atoms with van der Waals surface area (Å²) < 4.78 is 0. The molecule has 2 heteroatoms. The van der Waals surface area contributed by atoms with E-state index in [0.29, 0.717) is 0 Å². The molecule has 0 saturated carbocycles. The highest BCUT2D eigenvalue weighted by atomic mass is 35.5. The standard InChI is InChI=1S/C18H20ClN/c1-12-6-7-16(11-17(12)19)18(20)15-9-8-13-4-2-3-5-14(13)10-15/h6-11,18H,2-5,20H2,1H3. The predicted molar refractivity (Wildman–Crippen MR) is 85.3 cm³/mol. The van der Waals surface area contributed by atoms with Crippen molar-refractivity contribution < 1.29 is 0 Å². The van der Waals surface area contributed by atoms with Gasteiger partial charge in [-0.3, -0.25) is 0 Å². The van der Waals surface area contributed by atoms with Gasteiger partial charge in [0.15, 0.2) is 0 Å². The SMILES string of the molecule is Cc1ccc(C(N)c2ccc3c(c2)CCCC3)cc1Cl. The van der Waals surface area contributed by atoms with Gasteiger partial charge in [-0.05, 0) is 66.5 Å². The van der Waals surface area contributed by atoms with Gasteiger partial charge in [0.2, 0.25) is 0 Å². The molecule has 1 aliphatic rings. The zero-order valence-electron chi connectivity index (χ0n) is 11.8. The van der Waals surface area contributed by atoms with E-state index in [0.717, 1.165) is 16.1 Å². The van der Waals surface area contributed by atoms with Crippen LogP contribution in [0.1, 0.15) is 46.7 Å². The Hall–Kier alpha value is -1.31. The van der Waals surface area contributed by atoms with E-state index in [2.05, 4.69) is 24.3 Å². The van der Waals surface area contributed by atoms with Crippen molar-refractivity contribution in [2.75, 3.05) is 0 Å². The summed E-state index contributed by atoms with van der Waals surface area (Å²) >= 11 is 6.21. The molecule has 0 aromatic heterocycles.